The Labute approximate surface area is 207 Å². The van der Waals surface area contributed by atoms with Crippen molar-refractivity contribution in [1.82, 2.24) is 0 Å². The maximum absolute atomic E-state index is 12.6. The van der Waals surface area contributed by atoms with E-state index in [4.69, 9.17) is 9.47 Å². The fourth-order valence-electron chi connectivity index (χ4n) is 4.02. The smallest absolute Gasteiger partial charge is 0.343 e. The number of Topliss-reactive ketones (excluding diaryl/α,β-unsaturated/α-hetero) is 1. The average Bonchev–Trinajstić information content (AvgIpc) is 3.19. The third-order valence-electron chi connectivity index (χ3n) is 5.97. The van der Waals surface area contributed by atoms with Crippen LogP contribution < -0.4 is 4.74 Å². The molecule has 6 nitrogen and oxygen atoms in total. The molecule has 0 heterocycles. The lowest BCUT2D eigenvalue weighted by molar-refractivity contribution is 0.0474. The largest absolute Gasteiger partial charge is 0.454 e. The summed E-state index contributed by atoms with van der Waals surface area (Å²) in [7, 11) is 0. The molecule has 176 valence electrons. The third kappa shape index (κ3) is 4.44. The van der Waals surface area contributed by atoms with Gasteiger partial charge in [-0.25, -0.2) is 9.59 Å². The summed E-state index contributed by atoms with van der Waals surface area (Å²) < 4.78 is 10.6. The molecule has 6 heteroatoms. The molecule has 1 aliphatic carbocycles. The van der Waals surface area contributed by atoms with E-state index in [0.29, 0.717) is 33.6 Å². The highest BCUT2D eigenvalue weighted by atomic mass is 16.5. The van der Waals surface area contributed by atoms with E-state index in [1.54, 1.807) is 36.4 Å². The Hall–Kier alpha value is -4.84. The predicted molar refractivity (Wildman–Crippen MR) is 133 cm³/mol. The second kappa shape index (κ2) is 9.43. The number of benzene rings is 4. The van der Waals surface area contributed by atoms with Crippen molar-refractivity contribution in [1.29, 1.82) is 0 Å². The van der Waals surface area contributed by atoms with Gasteiger partial charge in [-0.1, -0.05) is 42.0 Å². The number of carbonyl (C=O) groups excluding carboxylic acids is 4. The molecule has 1 aliphatic rings. The Morgan fingerprint density at radius 1 is 0.639 bits per heavy atom. The van der Waals surface area contributed by atoms with Crippen LogP contribution >= 0.6 is 0 Å². The van der Waals surface area contributed by atoms with Gasteiger partial charge in [-0.2, -0.15) is 0 Å². The van der Waals surface area contributed by atoms with E-state index in [1.807, 2.05) is 31.2 Å². The minimum atomic E-state index is -0.661. The lowest BCUT2D eigenvalue weighted by Crippen LogP contribution is -2.14. The summed E-state index contributed by atoms with van der Waals surface area (Å²) in [5, 5.41) is 0. The zero-order valence-corrected chi connectivity index (χ0v) is 19.3. The molecule has 0 fully saturated rings. The van der Waals surface area contributed by atoms with Crippen LogP contribution in [0, 0.1) is 6.92 Å². The van der Waals surface area contributed by atoms with Crippen molar-refractivity contribution in [3.63, 3.8) is 0 Å². The topological polar surface area (TPSA) is 86.7 Å². The van der Waals surface area contributed by atoms with Crippen molar-refractivity contribution < 1.29 is 28.7 Å². The molecular formula is C30H20O6. The highest BCUT2D eigenvalue weighted by Crippen LogP contribution is 2.36. The minimum absolute atomic E-state index is 0.0799. The molecule has 0 unspecified atom stereocenters. The highest BCUT2D eigenvalue weighted by molar-refractivity contribution is 6.22. The van der Waals surface area contributed by atoms with Gasteiger partial charge in [-0.05, 0) is 72.6 Å². The van der Waals surface area contributed by atoms with Crippen molar-refractivity contribution in [3.8, 4) is 16.9 Å². The van der Waals surface area contributed by atoms with Gasteiger partial charge in [0.15, 0.2) is 18.2 Å². The van der Waals surface area contributed by atoms with E-state index >= 15 is 0 Å². The van der Waals surface area contributed by atoms with E-state index in [0.717, 1.165) is 11.1 Å². The first-order chi connectivity index (χ1) is 17.4. The maximum atomic E-state index is 12.6. The quantitative estimate of drug-likeness (QED) is 0.184. The molecule has 5 rings (SSSR count). The SMILES string of the molecule is Cc1ccc(C(=O)Oc2ccc(C(=O)COC(=O)c3ccc4c(c3)-c3ccccc3C4=O)cc2)cc1. The summed E-state index contributed by atoms with van der Waals surface area (Å²) in [6, 6.07) is 25.0. The fraction of sp³-hybridized carbons (Fsp3) is 0.0667. The molecule has 0 aromatic heterocycles. The van der Waals surface area contributed by atoms with Gasteiger partial charge < -0.3 is 9.47 Å². The van der Waals surface area contributed by atoms with Crippen LogP contribution in [-0.4, -0.2) is 30.1 Å². The van der Waals surface area contributed by atoms with E-state index < -0.39 is 24.3 Å². The Bertz CT molecular complexity index is 1510. The first kappa shape index (κ1) is 22.9. The van der Waals surface area contributed by atoms with Crippen LogP contribution in [-0.2, 0) is 4.74 Å². The van der Waals surface area contributed by atoms with Gasteiger partial charge in [-0.3, -0.25) is 9.59 Å². The number of esters is 2. The summed E-state index contributed by atoms with van der Waals surface area (Å²) in [6.07, 6.45) is 0. The monoisotopic (exact) mass is 476 g/mol. The van der Waals surface area contributed by atoms with Crippen LogP contribution in [0.3, 0.4) is 0 Å². The molecule has 36 heavy (non-hydrogen) atoms. The van der Waals surface area contributed by atoms with Gasteiger partial charge in [0.25, 0.3) is 0 Å². The van der Waals surface area contributed by atoms with E-state index in [1.165, 1.54) is 30.3 Å². The number of ketones is 2. The molecule has 4 aromatic rings. The summed E-state index contributed by atoms with van der Waals surface area (Å²) in [6.45, 7) is 1.48. The molecule has 4 aromatic carbocycles. The first-order valence-corrected chi connectivity index (χ1v) is 11.3. The van der Waals surface area contributed by atoms with E-state index in [2.05, 4.69) is 0 Å². The molecule has 0 saturated heterocycles. The molecule has 0 radical (unpaired) electrons. The Kier molecular flexibility index (Phi) is 6.00. The Balaban J connectivity index is 1.21. The minimum Gasteiger partial charge on any atom is -0.454 e. The molecule has 0 N–H and O–H groups in total. The maximum Gasteiger partial charge on any atom is 0.343 e. The summed E-state index contributed by atoms with van der Waals surface area (Å²) in [5.41, 5.74) is 4.60. The second-order valence-electron chi connectivity index (χ2n) is 8.41. The number of aryl methyl sites for hydroxylation is 1. The van der Waals surface area contributed by atoms with Crippen LogP contribution in [0.2, 0.25) is 0 Å². The normalized spacial score (nSPS) is 11.4. The van der Waals surface area contributed by atoms with Gasteiger partial charge in [0, 0.05) is 16.7 Å². The fourth-order valence-corrected chi connectivity index (χ4v) is 4.02. The molecule has 0 saturated carbocycles. The lowest BCUT2D eigenvalue weighted by Gasteiger charge is -2.08. The number of fused-ring (bicyclic) bond motifs is 3. The van der Waals surface area contributed by atoms with Crippen LogP contribution in [0.4, 0.5) is 0 Å². The van der Waals surface area contributed by atoms with Crippen LogP contribution in [0.15, 0.2) is 91.0 Å². The molecule has 0 amide bonds. The van der Waals surface area contributed by atoms with Gasteiger partial charge >= 0.3 is 11.9 Å². The number of rotatable bonds is 6. The van der Waals surface area contributed by atoms with Gasteiger partial charge in [0.1, 0.15) is 5.75 Å². The first-order valence-electron chi connectivity index (χ1n) is 11.3. The van der Waals surface area contributed by atoms with Crippen molar-refractivity contribution in [3.05, 3.63) is 124 Å². The van der Waals surface area contributed by atoms with Crippen molar-refractivity contribution in [2.75, 3.05) is 6.61 Å². The van der Waals surface area contributed by atoms with Crippen molar-refractivity contribution in [2.24, 2.45) is 0 Å². The van der Waals surface area contributed by atoms with E-state index in [9.17, 15) is 19.2 Å². The number of hydrogen-bond acceptors (Lipinski definition) is 6. The molecule has 0 aliphatic heterocycles. The molecule has 0 bridgehead atoms. The molecule has 0 spiro atoms. The standard InChI is InChI=1S/C30H20O6/c1-18-6-8-20(9-7-18)30(34)36-22-13-10-19(11-14-22)27(31)17-35-29(33)21-12-15-25-26(16-21)23-4-2-3-5-24(23)28(25)32/h2-16H,17H2,1H3. The number of hydrogen-bond donors (Lipinski definition) is 0. The van der Waals surface area contributed by atoms with Crippen LogP contribution in [0.25, 0.3) is 11.1 Å². The third-order valence-corrected chi connectivity index (χ3v) is 5.97. The van der Waals surface area contributed by atoms with E-state index in [-0.39, 0.29) is 11.3 Å². The van der Waals surface area contributed by atoms with Gasteiger partial charge in [0.2, 0.25) is 0 Å². The van der Waals surface area contributed by atoms with Crippen molar-refractivity contribution in [2.45, 2.75) is 6.92 Å². The Morgan fingerprint density at radius 3 is 1.97 bits per heavy atom. The zero-order valence-electron chi connectivity index (χ0n) is 19.3. The average molecular weight is 476 g/mol. The van der Waals surface area contributed by atoms with Crippen LogP contribution in [0.5, 0.6) is 5.75 Å². The van der Waals surface area contributed by atoms with Gasteiger partial charge in [-0.15, -0.1) is 0 Å². The highest BCUT2D eigenvalue weighted by Gasteiger charge is 2.27. The van der Waals surface area contributed by atoms with Crippen LogP contribution in [0.1, 0.15) is 52.6 Å². The molecule has 0 atom stereocenters. The zero-order chi connectivity index (χ0) is 25.2. The summed E-state index contributed by atoms with van der Waals surface area (Å²) in [4.78, 5) is 49.9. The van der Waals surface area contributed by atoms with Gasteiger partial charge in [0.05, 0.1) is 11.1 Å². The summed E-state index contributed by atoms with van der Waals surface area (Å²) in [5.74, 6) is -1.35. The second-order valence-corrected chi connectivity index (χ2v) is 8.41. The Morgan fingerprint density at radius 2 is 1.25 bits per heavy atom. The number of ether oxygens (including phenoxy) is 2. The number of carbonyl (C=O) groups is 4. The predicted octanol–water partition coefficient (Wildman–Crippen LogP) is 5.47. The summed E-state index contributed by atoms with van der Waals surface area (Å²) >= 11 is 0. The van der Waals surface area contributed by atoms with Crippen molar-refractivity contribution >= 4 is 23.5 Å². The lowest BCUT2D eigenvalue weighted by atomic mass is 10.0. The molecular weight excluding hydrogens is 456 g/mol.